The second kappa shape index (κ2) is 3.81. The van der Waals surface area contributed by atoms with Crippen molar-refractivity contribution in [2.45, 2.75) is 45.6 Å². The Labute approximate surface area is 101 Å². The second-order valence-electron chi connectivity index (χ2n) is 5.41. The van der Waals surface area contributed by atoms with Crippen molar-refractivity contribution in [2.24, 2.45) is 7.05 Å². The van der Waals surface area contributed by atoms with Gasteiger partial charge in [-0.05, 0) is 33.8 Å². The minimum Gasteiger partial charge on any atom is -0.398 e. The Morgan fingerprint density at radius 2 is 1.82 bits per heavy atom. The van der Waals surface area contributed by atoms with Gasteiger partial charge in [0.25, 0.3) is 0 Å². The standard InChI is InChI=1S/C11H18BFN2O2/c1-10(2)11(3,4)17-12(16-10)9-6-8(7-13)14-15(9)5/h6H,7H2,1-5H3. The van der Waals surface area contributed by atoms with Crippen molar-refractivity contribution >= 4 is 12.7 Å². The molecule has 0 atom stereocenters. The molecule has 2 rings (SSSR count). The van der Waals surface area contributed by atoms with Crippen LogP contribution in [0.4, 0.5) is 4.39 Å². The first-order chi connectivity index (χ1) is 7.77. The van der Waals surface area contributed by atoms with E-state index in [4.69, 9.17) is 9.31 Å². The van der Waals surface area contributed by atoms with Crippen LogP contribution >= 0.6 is 0 Å². The lowest BCUT2D eigenvalue weighted by molar-refractivity contribution is 0.00578. The number of hydrogen-bond donors (Lipinski definition) is 0. The summed E-state index contributed by atoms with van der Waals surface area (Å²) >= 11 is 0. The molecule has 0 aromatic carbocycles. The summed E-state index contributed by atoms with van der Waals surface area (Å²) in [6, 6.07) is 1.68. The monoisotopic (exact) mass is 240 g/mol. The van der Waals surface area contributed by atoms with Gasteiger partial charge in [0, 0.05) is 7.05 Å². The molecular weight excluding hydrogens is 222 g/mol. The van der Waals surface area contributed by atoms with Gasteiger partial charge in [-0.3, -0.25) is 4.68 Å². The largest absolute Gasteiger partial charge is 0.514 e. The van der Waals surface area contributed by atoms with Crippen LogP contribution in [0.3, 0.4) is 0 Å². The molecule has 0 amide bonds. The smallest absolute Gasteiger partial charge is 0.398 e. The summed E-state index contributed by atoms with van der Waals surface area (Å²) in [6.07, 6.45) is 0. The summed E-state index contributed by atoms with van der Waals surface area (Å²) in [6.45, 7) is 7.37. The summed E-state index contributed by atoms with van der Waals surface area (Å²) in [5, 5.41) is 4.05. The van der Waals surface area contributed by atoms with Crippen LogP contribution < -0.4 is 5.59 Å². The molecule has 1 aromatic rings. The number of aryl methyl sites for hydroxylation is 1. The molecule has 0 unspecified atom stereocenters. The van der Waals surface area contributed by atoms with Crippen molar-refractivity contribution in [3.05, 3.63) is 11.8 Å². The third-order valence-electron chi connectivity index (χ3n) is 3.60. The normalized spacial score (nSPS) is 22.1. The number of aromatic nitrogens is 2. The van der Waals surface area contributed by atoms with E-state index < -0.39 is 25.0 Å². The lowest BCUT2D eigenvalue weighted by atomic mass is 9.84. The van der Waals surface area contributed by atoms with Crippen LogP contribution in [-0.2, 0) is 23.0 Å². The van der Waals surface area contributed by atoms with E-state index in [1.165, 1.54) is 0 Å². The van der Waals surface area contributed by atoms with Gasteiger partial charge in [0.05, 0.1) is 22.5 Å². The van der Waals surface area contributed by atoms with Crippen LogP contribution in [-0.4, -0.2) is 28.1 Å². The second-order valence-corrected chi connectivity index (χ2v) is 5.41. The number of nitrogens with zero attached hydrogens (tertiary/aromatic N) is 2. The van der Waals surface area contributed by atoms with Gasteiger partial charge in [-0.2, -0.15) is 5.10 Å². The maximum Gasteiger partial charge on any atom is 0.514 e. The summed E-state index contributed by atoms with van der Waals surface area (Å²) in [5.74, 6) is 0. The first-order valence-electron chi connectivity index (χ1n) is 5.71. The zero-order chi connectivity index (χ0) is 12.8. The third-order valence-corrected chi connectivity index (χ3v) is 3.60. The summed E-state index contributed by atoms with van der Waals surface area (Å²) in [7, 11) is 1.28. The molecule has 6 heteroatoms. The Kier molecular flexibility index (Phi) is 2.82. The maximum absolute atomic E-state index is 12.6. The van der Waals surface area contributed by atoms with E-state index in [1.54, 1.807) is 17.8 Å². The van der Waals surface area contributed by atoms with Crippen LogP contribution in [0.2, 0.25) is 0 Å². The minimum atomic E-state index is -0.576. The molecule has 1 aromatic heterocycles. The molecule has 17 heavy (non-hydrogen) atoms. The fourth-order valence-electron chi connectivity index (χ4n) is 1.79. The van der Waals surface area contributed by atoms with Gasteiger partial charge in [-0.15, -0.1) is 0 Å². The molecule has 2 heterocycles. The summed E-state index contributed by atoms with van der Waals surface area (Å²) in [4.78, 5) is 0. The van der Waals surface area contributed by atoms with Crippen LogP contribution in [0.1, 0.15) is 33.4 Å². The van der Waals surface area contributed by atoms with E-state index in [9.17, 15) is 4.39 Å². The molecule has 4 nitrogen and oxygen atoms in total. The molecular formula is C11H18BFN2O2. The van der Waals surface area contributed by atoms with Crippen molar-refractivity contribution in [1.29, 1.82) is 0 Å². The van der Waals surface area contributed by atoms with Crippen molar-refractivity contribution in [1.82, 2.24) is 9.78 Å². The van der Waals surface area contributed by atoms with Crippen LogP contribution in [0.5, 0.6) is 0 Å². The van der Waals surface area contributed by atoms with Gasteiger partial charge in [-0.25, -0.2) is 4.39 Å². The maximum atomic E-state index is 12.6. The lowest BCUT2D eigenvalue weighted by Gasteiger charge is -2.32. The molecule has 94 valence electrons. The highest BCUT2D eigenvalue weighted by Crippen LogP contribution is 2.36. The molecule has 0 aliphatic carbocycles. The molecule has 1 fully saturated rings. The third kappa shape index (κ3) is 2.00. The fraction of sp³-hybridized carbons (Fsp3) is 0.727. The summed E-state index contributed by atoms with van der Waals surface area (Å²) < 4.78 is 25.9. The molecule has 1 aliphatic heterocycles. The van der Waals surface area contributed by atoms with Crippen LogP contribution in [0.25, 0.3) is 0 Å². The Bertz CT molecular complexity index is 415. The Hall–Kier alpha value is -0.875. The van der Waals surface area contributed by atoms with Crippen molar-refractivity contribution < 1.29 is 13.7 Å². The average Bonchev–Trinajstić information content (AvgIpc) is 2.66. The number of halogens is 1. The van der Waals surface area contributed by atoms with Gasteiger partial charge >= 0.3 is 7.12 Å². The van der Waals surface area contributed by atoms with E-state index in [1.807, 2.05) is 27.7 Å². The SMILES string of the molecule is Cn1nc(CF)cc1B1OC(C)(C)C(C)(C)O1. The Balaban J connectivity index is 2.28. The number of alkyl halides is 1. The summed E-state index contributed by atoms with van der Waals surface area (Å²) in [5.41, 5.74) is 0.365. The van der Waals surface area contributed by atoms with E-state index >= 15 is 0 Å². The van der Waals surface area contributed by atoms with Crippen molar-refractivity contribution in [3.63, 3.8) is 0 Å². The molecule has 0 bridgehead atoms. The van der Waals surface area contributed by atoms with Gasteiger partial charge in [0.1, 0.15) is 6.67 Å². The van der Waals surface area contributed by atoms with Gasteiger partial charge in [0.2, 0.25) is 0 Å². The van der Waals surface area contributed by atoms with E-state index in [2.05, 4.69) is 5.10 Å². The Morgan fingerprint density at radius 3 is 2.24 bits per heavy atom. The lowest BCUT2D eigenvalue weighted by Crippen LogP contribution is -2.41. The fourth-order valence-corrected chi connectivity index (χ4v) is 1.79. The quantitative estimate of drug-likeness (QED) is 0.728. The van der Waals surface area contributed by atoms with Crippen molar-refractivity contribution in [2.75, 3.05) is 0 Å². The Morgan fingerprint density at radius 1 is 1.29 bits per heavy atom. The number of rotatable bonds is 2. The molecule has 0 saturated carbocycles. The van der Waals surface area contributed by atoms with Gasteiger partial charge in [0.15, 0.2) is 0 Å². The zero-order valence-electron chi connectivity index (χ0n) is 11.0. The average molecular weight is 240 g/mol. The highest BCUT2D eigenvalue weighted by molar-refractivity contribution is 6.61. The molecule has 0 radical (unpaired) electrons. The predicted molar refractivity (Wildman–Crippen MR) is 63.7 cm³/mol. The van der Waals surface area contributed by atoms with E-state index in [0.717, 1.165) is 5.59 Å². The highest BCUT2D eigenvalue weighted by Gasteiger charge is 2.52. The van der Waals surface area contributed by atoms with E-state index in [0.29, 0.717) is 5.69 Å². The van der Waals surface area contributed by atoms with Gasteiger partial charge < -0.3 is 9.31 Å². The first kappa shape index (κ1) is 12.6. The minimum absolute atomic E-state index is 0.391. The van der Waals surface area contributed by atoms with Gasteiger partial charge in [-0.1, -0.05) is 0 Å². The molecule has 1 saturated heterocycles. The first-order valence-corrected chi connectivity index (χ1v) is 5.71. The molecule has 1 aliphatic rings. The van der Waals surface area contributed by atoms with Crippen molar-refractivity contribution in [3.8, 4) is 0 Å². The number of hydrogen-bond acceptors (Lipinski definition) is 3. The topological polar surface area (TPSA) is 36.3 Å². The molecule has 0 N–H and O–H groups in total. The predicted octanol–water partition coefficient (Wildman–Crippen LogP) is 1.19. The molecule has 0 spiro atoms. The highest BCUT2D eigenvalue weighted by atomic mass is 19.1. The van der Waals surface area contributed by atoms with Crippen LogP contribution in [0, 0.1) is 0 Å². The van der Waals surface area contributed by atoms with E-state index in [-0.39, 0.29) is 0 Å². The van der Waals surface area contributed by atoms with Crippen LogP contribution in [0.15, 0.2) is 6.07 Å². The zero-order valence-corrected chi connectivity index (χ0v) is 11.0.